The quantitative estimate of drug-likeness (QED) is 0.734. The van der Waals surface area contributed by atoms with Gasteiger partial charge in [0.25, 0.3) is 10.0 Å². The monoisotopic (exact) mass is 349 g/mol. The van der Waals surface area contributed by atoms with Crippen molar-refractivity contribution in [3.05, 3.63) is 52.7 Å². The molecular weight excluding hydrogens is 337 g/mol. The van der Waals surface area contributed by atoms with Gasteiger partial charge in [0, 0.05) is 6.07 Å². The maximum atomic E-state index is 13.5. The average Bonchev–Trinajstić information content (AvgIpc) is 2.93. The number of imidazole rings is 1. The summed E-state index contributed by atoms with van der Waals surface area (Å²) in [4.78, 5) is 16.4. The number of rotatable bonds is 2. The second kappa shape index (κ2) is 5.10. The molecule has 2 heterocycles. The van der Waals surface area contributed by atoms with Crippen molar-refractivity contribution in [2.24, 2.45) is 0 Å². The van der Waals surface area contributed by atoms with Gasteiger partial charge in [-0.3, -0.25) is 4.31 Å². The van der Waals surface area contributed by atoms with Crippen LogP contribution in [0.3, 0.4) is 0 Å². The smallest absolute Gasteiger partial charge is 0.323 e. The number of aromatic amines is 2. The van der Waals surface area contributed by atoms with Gasteiger partial charge < -0.3 is 14.7 Å². The van der Waals surface area contributed by atoms with Gasteiger partial charge in [0.05, 0.1) is 28.2 Å². The molecule has 0 spiro atoms. The van der Waals surface area contributed by atoms with Crippen molar-refractivity contribution in [2.75, 3.05) is 17.5 Å². The van der Waals surface area contributed by atoms with Gasteiger partial charge in [-0.15, -0.1) is 0 Å². The second-order valence-electron chi connectivity index (χ2n) is 5.32. The van der Waals surface area contributed by atoms with Gasteiger partial charge in [-0.25, -0.2) is 17.6 Å². The van der Waals surface area contributed by atoms with E-state index in [4.69, 9.17) is 4.74 Å². The molecule has 0 bridgehead atoms. The molecule has 0 saturated heterocycles. The van der Waals surface area contributed by atoms with Crippen molar-refractivity contribution in [3.63, 3.8) is 0 Å². The first-order valence-electron chi connectivity index (χ1n) is 7.12. The lowest BCUT2D eigenvalue weighted by atomic mass is 10.2. The zero-order valence-corrected chi connectivity index (χ0v) is 13.1. The highest BCUT2D eigenvalue weighted by atomic mass is 32.2. The van der Waals surface area contributed by atoms with Crippen LogP contribution in [0.4, 0.5) is 10.1 Å². The number of sulfonamides is 1. The molecule has 2 aromatic carbocycles. The SMILES string of the molecule is O=c1[nH]c2ccc(S(=O)(=O)N3CCOc4ccc(F)cc43)cc2[nH]1. The Bertz CT molecular complexity index is 1100. The van der Waals surface area contributed by atoms with Crippen LogP contribution in [0.2, 0.25) is 0 Å². The normalized spacial score (nSPS) is 14.5. The molecule has 0 unspecified atom stereocenters. The molecule has 2 N–H and O–H groups in total. The number of fused-ring (bicyclic) bond motifs is 2. The summed E-state index contributed by atoms with van der Waals surface area (Å²) in [6.45, 7) is 0.238. The Morgan fingerprint density at radius 2 is 1.88 bits per heavy atom. The molecule has 0 aliphatic carbocycles. The lowest BCUT2D eigenvalue weighted by molar-refractivity contribution is 0.315. The van der Waals surface area contributed by atoms with Crippen LogP contribution in [0.5, 0.6) is 5.75 Å². The lowest BCUT2D eigenvalue weighted by Crippen LogP contribution is -2.38. The Balaban J connectivity index is 1.85. The Hall–Kier alpha value is -2.81. The van der Waals surface area contributed by atoms with Crippen molar-refractivity contribution in [3.8, 4) is 5.75 Å². The topological polar surface area (TPSA) is 95.3 Å². The first-order chi connectivity index (χ1) is 11.4. The number of nitrogens with zero attached hydrogens (tertiary/aromatic N) is 1. The molecule has 24 heavy (non-hydrogen) atoms. The number of hydrogen-bond donors (Lipinski definition) is 2. The zero-order valence-electron chi connectivity index (χ0n) is 12.2. The first kappa shape index (κ1) is 14.8. The number of ether oxygens (including phenoxy) is 1. The molecule has 4 rings (SSSR count). The van der Waals surface area contributed by atoms with Crippen LogP contribution in [0.15, 0.2) is 46.1 Å². The number of anilines is 1. The Labute approximate surface area is 135 Å². The van der Waals surface area contributed by atoms with Crippen molar-refractivity contribution >= 4 is 26.7 Å². The van der Waals surface area contributed by atoms with Gasteiger partial charge in [0.15, 0.2) is 0 Å². The third kappa shape index (κ3) is 2.24. The van der Waals surface area contributed by atoms with Gasteiger partial charge in [-0.1, -0.05) is 0 Å². The minimum Gasteiger partial charge on any atom is -0.489 e. The molecule has 3 aromatic rings. The molecule has 7 nitrogen and oxygen atoms in total. The van der Waals surface area contributed by atoms with Crippen molar-refractivity contribution in [1.82, 2.24) is 9.97 Å². The predicted octanol–water partition coefficient (Wildman–Crippen LogP) is 1.58. The van der Waals surface area contributed by atoms with Crippen molar-refractivity contribution in [2.45, 2.75) is 4.90 Å². The minimum atomic E-state index is -3.92. The van der Waals surface area contributed by atoms with E-state index >= 15 is 0 Å². The number of aromatic nitrogens is 2. The van der Waals surface area contributed by atoms with E-state index in [1.807, 2.05) is 0 Å². The molecule has 9 heteroatoms. The third-order valence-electron chi connectivity index (χ3n) is 3.82. The molecular formula is C15H12FN3O4S. The number of hydrogen-bond acceptors (Lipinski definition) is 4. The summed E-state index contributed by atoms with van der Waals surface area (Å²) in [5.41, 5.74) is 0.628. The van der Waals surface area contributed by atoms with E-state index in [2.05, 4.69) is 9.97 Å². The van der Waals surface area contributed by atoms with Crippen LogP contribution in [0, 0.1) is 5.82 Å². The van der Waals surface area contributed by atoms with Gasteiger partial charge in [-0.05, 0) is 30.3 Å². The summed E-state index contributed by atoms with van der Waals surface area (Å²) in [5.74, 6) is -0.243. The average molecular weight is 349 g/mol. The summed E-state index contributed by atoms with van der Waals surface area (Å²) < 4.78 is 46.0. The van der Waals surface area contributed by atoms with Crippen LogP contribution >= 0.6 is 0 Å². The molecule has 0 radical (unpaired) electrons. The molecule has 0 fully saturated rings. The number of benzene rings is 2. The highest BCUT2D eigenvalue weighted by Gasteiger charge is 2.30. The summed E-state index contributed by atoms with van der Waals surface area (Å²) in [7, 11) is -3.92. The summed E-state index contributed by atoms with van der Waals surface area (Å²) in [5, 5.41) is 0. The van der Waals surface area contributed by atoms with Crippen LogP contribution in [-0.4, -0.2) is 31.5 Å². The first-order valence-corrected chi connectivity index (χ1v) is 8.56. The van der Waals surface area contributed by atoms with Crippen LogP contribution in [-0.2, 0) is 10.0 Å². The Morgan fingerprint density at radius 1 is 1.08 bits per heavy atom. The zero-order chi connectivity index (χ0) is 16.9. The van der Waals surface area contributed by atoms with Crippen molar-refractivity contribution in [1.29, 1.82) is 0 Å². The van der Waals surface area contributed by atoms with E-state index in [0.717, 1.165) is 10.4 Å². The highest BCUT2D eigenvalue weighted by Crippen LogP contribution is 2.36. The molecule has 124 valence electrons. The molecule has 1 aliphatic rings. The fourth-order valence-corrected chi connectivity index (χ4v) is 4.19. The number of halogens is 1. The van der Waals surface area contributed by atoms with Gasteiger partial charge in [0.2, 0.25) is 0 Å². The standard InChI is InChI=1S/C15H12FN3O4S/c16-9-1-4-14-13(7-9)19(5-6-23-14)24(21,22)10-2-3-11-12(8-10)18-15(20)17-11/h1-4,7-8H,5-6H2,(H2,17,18,20). The highest BCUT2D eigenvalue weighted by molar-refractivity contribution is 7.92. The maximum absolute atomic E-state index is 13.5. The van der Waals surface area contributed by atoms with Gasteiger partial charge in [-0.2, -0.15) is 0 Å². The fourth-order valence-electron chi connectivity index (χ4n) is 2.72. The molecule has 0 atom stereocenters. The van der Waals surface area contributed by atoms with Crippen LogP contribution in [0.1, 0.15) is 0 Å². The van der Waals surface area contributed by atoms with Crippen molar-refractivity contribution < 1.29 is 17.5 Å². The van der Waals surface area contributed by atoms with E-state index in [0.29, 0.717) is 16.8 Å². The number of H-pyrrole nitrogens is 2. The van der Waals surface area contributed by atoms with Gasteiger partial charge >= 0.3 is 5.69 Å². The largest absolute Gasteiger partial charge is 0.489 e. The van der Waals surface area contributed by atoms with Gasteiger partial charge in [0.1, 0.15) is 18.2 Å². The number of nitrogens with one attached hydrogen (secondary N) is 2. The Morgan fingerprint density at radius 3 is 2.71 bits per heavy atom. The van der Waals surface area contributed by atoms with E-state index in [-0.39, 0.29) is 23.7 Å². The summed E-state index contributed by atoms with van der Waals surface area (Å²) in [6, 6.07) is 8.02. The second-order valence-corrected chi connectivity index (χ2v) is 7.19. The Kier molecular flexibility index (Phi) is 3.14. The minimum absolute atomic E-state index is 0.00219. The fraction of sp³-hybridized carbons (Fsp3) is 0.133. The molecule has 1 aliphatic heterocycles. The van der Waals surface area contributed by atoms with E-state index in [9.17, 15) is 17.6 Å². The third-order valence-corrected chi connectivity index (χ3v) is 5.63. The molecule has 0 saturated carbocycles. The van der Waals surface area contributed by atoms with E-state index in [1.54, 1.807) is 0 Å². The van der Waals surface area contributed by atoms with Crippen LogP contribution in [0.25, 0.3) is 11.0 Å². The lowest BCUT2D eigenvalue weighted by Gasteiger charge is -2.30. The van der Waals surface area contributed by atoms with E-state index in [1.165, 1.54) is 30.3 Å². The predicted molar refractivity (Wildman–Crippen MR) is 85.3 cm³/mol. The van der Waals surface area contributed by atoms with E-state index < -0.39 is 21.5 Å². The molecule has 1 aromatic heterocycles. The van der Waals surface area contributed by atoms with Crippen LogP contribution < -0.4 is 14.7 Å². The summed E-state index contributed by atoms with van der Waals surface area (Å²) >= 11 is 0. The summed E-state index contributed by atoms with van der Waals surface area (Å²) in [6.07, 6.45) is 0. The maximum Gasteiger partial charge on any atom is 0.323 e. The molecule has 0 amide bonds.